The van der Waals surface area contributed by atoms with Crippen LogP contribution in [0.5, 0.6) is 11.5 Å². The molecule has 0 bridgehead atoms. The van der Waals surface area contributed by atoms with Gasteiger partial charge in [0.1, 0.15) is 11.5 Å². The summed E-state index contributed by atoms with van der Waals surface area (Å²) in [6.45, 7) is 5.04. The molecule has 0 spiro atoms. The van der Waals surface area contributed by atoms with E-state index in [0.717, 1.165) is 27.7 Å². The number of nitrogens with zero attached hydrogens (tertiary/aromatic N) is 2. The average molecular weight is 571 g/mol. The van der Waals surface area contributed by atoms with Gasteiger partial charge in [-0.25, -0.2) is 0 Å². The highest BCUT2D eigenvalue weighted by Crippen LogP contribution is 2.43. The van der Waals surface area contributed by atoms with Crippen molar-refractivity contribution in [2.75, 3.05) is 11.4 Å². The molecule has 3 aromatic carbocycles. The summed E-state index contributed by atoms with van der Waals surface area (Å²) in [5.74, 6) is -1.15. The van der Waals surface area contributed by atoms with Crippen LogP contribution in [-0.4, -0.2) is 40.0 Å². The summed E-state index contributed by atoms with van der Waals surface area (Å²) < 4.78 is 12.8. The summed E-state index contributed by atoms with van der Waals surface area (Å²) in [4.78, 5) is 49.2. The number of carboxylic acid groups (broad SMARTS) is 1. The van der Waals surface area contributed by atoms with Crippen LogP contribution in [0.1, 0.15) is 52.0 Å². The Hall–Kier alpha value is -4.92. The molecule has 9 nitrogen and oxygen atoms in total. The van der Waals surface area contributed by atoms with Crippen molar-refractivity contribution in [3.8, 4) is 22.8 Å². The predicted molar refractivity (Wildman–Crippen MR) is 160 cm³/mol. The normalized spacial score (nSPS) is 10.8. The smallest absolute Gasteiger partial charge is 0.308 e. The number of carbonyl (C=O) groups excluding carboxylic acids is 3. The number of anilines is 1. The summed E-state index contributed by atoms with van der Waals surface area (Å²) in [6, 6.07) is 22.4. The van der Waals surface area contributed by atoms with E-state index < -0.39 is 17.9 Å². The molecule has 0 radical (unpaired) electrons. The van der Waals surface area contributed by atoms with E-state index in [4.69, 9.17) is 14.6 Å². The Morgan fingerprint density at radius 1 is 0.786 bits per heavy atom. The maximum Gasteiger partial charge on any atom is 0.308 e. The van der Waals surface area contributed by atoms with Crippen LogP contribution in [0.25, 0.3) is 22.2 Å². The van der Waals surface area contributed by atoms with Crippen LogP contribution >= 0.6 is 0 Å². The second-order valence-electron chi connectivity index (χ2n) is 10.0. The highest BCUT2D eigenvalue weighted by atomic mass is 16.5. The van der Waals surface area contributed by atoms with E-state index in [2.05, 4.69) is 4.57 Å². The largest absolute Gasteiger partial charge is 0.481 e. The average Bonchev–Trinajstić information content (AvgIpc) is 3.23. The SMILES string of the molecule is CC(=O)Oc1ccc(-c2c(N(CCCCCC(=O)O)C(C)=O)c3cc(OC(C)=O)ccc3n2Cc2ccccc2)cc1. The number of fused-ring (bicyclic) bond motifs is 1. The van der Waals surface area contributed by atoms with Crippen molar-refractivity contribution >= 4 is 40.4 Å². The van der Waals surface area contributed by atoms with Gasteiger partial charge in [0.05, 0.1) is 16.9 Å². The number of carboxylic acids is 1. The molecule has 0 aliphatic rings. The lowest BCUT2D eigenvalue weighted by Gasteiger charge is -2.23. The van der Waals surface area contributed by atoms with Gasteiger partial charge in [-0.3, -0.25) is 19.2 Å². The number of hydrogen-bond donors (Lipinski definition) is 1. The zero-order valence-corrected chi connectivity index (χ0v) is 24.0. The van der Waals surface area contributed by atoms with E-state index in [9.17, 15) is 19.2 Å². The van der Waals surface area contributed by atoms with Crippen LogP contribution in [0.2, 0.25) is 0 Å². The first kappa shape index (κ1) is 30.0. The minimum atomic E-state index is -0.847. The van der Waals surface area contributed by atoms with Gasteiger partial charge in [-0.05, 0) is 60.9 Å². The zero-order valence-electron chi connectivity index (χ0n) is 24.0. The van der Waals surface area contributed by atoms with E-state index in [0.29, 0.717) is 49.5 Å². The molecule has 0 atom stereocenters. The lowest BCUT2D eigenvalue weighted by atomic mass is 10.1. The molecule has 0 aliphatic carbocycles. The third-order valence-electron chi connectivity index (χ3n) is 6.76. The third kappa shape index (κ3) is 7.42. The predicted octanol–water partition coefficient (Wildman–Crippen LogP) is 6.21. The van der Waals surface area contributed by atoms with E-state index in [1.165, 1.54) is 20.8 Å². The number of benzene rings is 3. The molecule has 0 unspecified atom stereocenters. The Labute approximate surface area is 244 Å². The van der Waals surface area contributed by atoms with E-state index in [-0.39, 0.29) is 12.3 Å². The summed E-state index contributed by atoms with van der Waals surface area (Å²) in [6.07, 6.45) is 1.83. The molecule has 0 aliphatic heterocycles. The monoisotopic (exact) mass is 570 g/mol. The lowest BCUT2D eigenvalue weighted by Crippen LogP contribution is -2.30. The van der Waals surface area contributed by atoms with Crippen molar-refractivity contribution in [2.45, 2.75) is 53.0 Å². The molecular formula is C33H34N2O7. The second kappa shape index (κ2) is 13.6. The Balaban J connectivity index is 1.93. The van der Waals surface area contributed by atoms with Crippen LogP contribution in [0, 0.1) is 0 Å². The molecule has 4 aromatic rings. The zero-order chi connectivity index (χ0) is 30.2. The molecule has 0 fully saturated rings. The van der Waals surface area contributed by atoms with Crippen LogP contribution < -0.4 is 14.4 Å². The number of unbranched alkanes of at least 4 members (excludes halogenated alkanes) is 2. The number of amides is 1. The molecule has 218 valence electrons. The molecule has 0 saturated carbocycles. The van der Waals surface area contributed by atoms with E-state index in [1.54, 1.807) is 29.2 Å². The fourth-order valence-corrected chi connectivity index (χ4v) is 5.04. The van der Waals surface area contributed by atoms with Gasteiger partial charge < -0.3 is 24.0 Å². The molecule has 1 amide bonds. The summed E-state index contributed by atoms with van der Waals surface area (Å²) in [5, 5.41) is 9.74. The van der Waals surface area contributed by atoms with Gasteiger partial charge in [0.25, 0.3) is 0 Å². The minimum Gasteiger partial charge on any atom is -0.481 e. The number of hydrogen-bond acceptors (Lipinski definition) is 6. The number of ether oxygens (including phenoxy) is 2. The van der Waals surface area contributed by atoms with Gasteiger partial charge in [0.2, 0.25) is 5.91 Å². The number of esters is 2. The molecule has 1 aromatic heterocycles. The quantitative estimate of drug-likeness (QED) is 0.122. The Morgan fingerprint density at radius 2 is 1.43 bits per heavy atom. The first-order chi connectivity index (χ1) is 20.1. The molecule has 1 heterocycles. The highest BCUT2D eigenvalue weighted by Gasteiger charge is 2.26. The van der Waals surface area contributed by atoms with E-state index in [1.807, 2.05) is 48.5 Å². The molecule has 9 heteroatoms. The Kier molecular flexibility index (Phi) is 9.75. The van der Waals surface area contributed by atoms with Crippen molar-refractivity contribution < 1.29 is 33.8 Å². The Morgan fingerprint density at radius 3 is 2.05 bits per heavy atom. The summed E-state index contributed by atoms with van der Waals surface area (Å²) in [5.41, 5.74) is 4.09. The van der Waals surface area contributed by atoms with Crippen molar-refractivity contribution in [1.82, 2.24) is 4.57 Å². The van der Waals surface area contributed by atoms with Gasteiger partial charge >= 0.3 is 17.9 Å². The Bertz CT molecular complexity index is 1590. The molecule has 4 rings (SSSR count). The number of carbonyl (C=O) groups is 4. The maximum absolute atomic E-state index is 13.2. The van der Waals surface area contributed by atoms with Gasteiger partial charge in [-0.1, -0.05) is 36.8 Å². The summed E-state index contributed by atoms with van der Waals surface area (Å²) in [7, 11) is 0. The second-order valence-corrected chi connectivity index (χ2v) is 10.0. The molecule has 0 saturated heterocycles. The molecule has 1 N–H and O–H groups in total. The van der Waals surface area contributed by atoms with Crippen molar-refractivity contribution in [1.29, 1.82) is 0 Å². The minimum absolute atomic E-state index is 0.0716. The number of rotatable bonds is 12. The first-order valence-electron chi connectivity index (χ1n) is 13.8. The molecule has 42 heavy (non-hydrogen) atoms. The van der Waals surface area contributed by atoms with Crippen molar-refractivity contribution in [2.24, 2.45) is 0 Å². The van der Waals surface area contributed by atoms with E-state index >= 15 is 0 Å². The van der Waals surface area contributed by atoms with Gasteiger partial charge in [0.15, 0.2) is 0 Å². The van der Waals surface area contributed by atoms with Gasteiger partial charge in [-0.2, -0.15) is 0 Å². The third-order valence-corrected chi connectivity index (χ3v) is 6.76. The van der Waals surface area contributed by atoms with Crippen LogP contribution in [-0.2, 0) is 25.7 Å². The van der Waals surface area contributed by atoms with Crippen LogP contribution in [0.3, 0.4) is 0 Å². The highest BCUT2D eigenvalue weighted by molar-refractivity contribution is 6.10. The maximum atomic E-state index is 13.2. The fraction of sp³-hybridized carbons (Fsp3) is 0.273. The standard InChI is InChI=1S/C33H34N2O7/c1-22(36)34(19-9-5-8-12-31(39)40)33-29-20-28(42-24(3)38)17-18-30(29)35(21-25-10-6-4-7-11-25)32(33)26-13-15-27(16-14-26)41-23(2)37/h4,6-7,10-11,13-18,20H,5,8-9,12,19,21H2,1-3H3,(H,39,40). The van der Waals surface area contributed by atoms with Crippen molar-refractivity contribution in [3.05, 3.63) is 78.4 Å². The van der Waals surface area contributed by atoms with Crippen LogP contribution in [0.15, 0.2) is 72.8 Å². The van der Waals surface area contributed by atoms with Gasteiger partial charge in [-0.15, -0.1) is 0 Å². The van der Waals surface area contributed by atoms with Gasteiger partial charge in [0, 0.05) is 51.2 Å². The number of aromatic nitrogens is 1. The molecular weight excluding hydrogens is 536 g/mol. The van der Waals surface area contributed by atoms with Crippen LogP contribution in [0.4, 0.5) is 5.69 Å². The number of aliphatic carboxylic acids is 1. The summed E-state index contributed by atoms with van der Waals surface area (Å²) >= 11 is 0. The topological polar surface area (TPSA) is 115 Å². The fourth-order valence-electron chi connectivity index (χ4n) is 5.04. The first-order valence-corrected chi connectivity index (χ1v) is 13.8. The lowest BCUT2D eigenvalue weighted by molar-refractivity contribution is -0.137. The van der Waals surface area contributed by atoms with Crippen molar-refractivity contribution in [3.63, 3.8) is 0 Å².